The van der Waals surface area contributed by atoms with Crippen LogP contribution in [0, 0.1) is 6.92 Å². The van der Waals surface area contributed by atoms with Crippen LogP contribution in [0.25, 0.3) is 5.82 Å². The average Bonchev–Trinajstić information content (AvgIpc) is 3.40. The lowest BCUT2D eigenvalue weighted by atomic mass is 10.0. The first-order valence-corrected chi connectivity index (χ1v) is 10.5. The van der Waals surface area contributed by atoms with Crippen molar-refractivity contribution in [3.63, 3.8) is 0 Å². The predicted octanol–water partition coefficient (Wildman–Crippen LogP) is 3.36. The highest BCUT2D eigenvalue weighted by Crippen LogP contribution is 2.42. The standard InChI is InChI=1S/C22H22ClN5O5/c1-11(2)25-22(30)17-18(12(3)8-15-19(17)33-10-32-15)26-21(29)14-9-16(31-4)27-28(14)20-13(23)6-5-7-24-20/h5-9,11H,10H2,1-4H3,(H,25,30)(H,26,29). The van der Waals surface area contributed by atoms with E-state index in [1.165, 1.54) is 24.1 Å². The molecule has 0 aliphatic carbocycles. The molecule has 172 valence electrons. The van der Waals surface area contributed by atoms with Gasteiger partial charge in [0.05, 0.1) is 17.8 Å². The minimum absolute atomic E-state index is 0.0176. The summed E-state index contributed by atoms with van der Waals surface area (Å²) in [6, 6.07) is 6.34. The summed E-state index contributed by atoms with van der Waals surface area (Å²) in [6.07, 6.45) is 1.54. The van der Waals surface area contributed by atoms with E-state index in [1.807, 2.05) is 13.8 Å². The normalized spacial score (nSPS) is 12.1. The van der Waals surface area contributed by atoms with Gasteiger partial charge in [0, 0.05) is 18.3 Å². The number of anilines is 1. The van der Waals surface area contributed by atoms with E-state index < -0.39 is 11.8 Å². The molecular formula is C22H22ClN5O5. The first kappa shape index (κ1) is 22.4. The highest BCUT2D eigenvalue weighted by Gasteiger charge is 2.30. The molecule has 0 bridgehead atoms. The van der Waals surface area contributed by atoms with Crippen LogP contribution in [0.15, 0.2) is 30.5 Å². The zero-order chi connectivity index (χ0) is 23.7. The van der Waals surface area contributed by atoms with Crippen molar-refractivity contribution < 1.29 is 23.8 Å². The molecule has 2 amide bonds. The lowest BCUT2D eigenvalue weighted by Gasteiger charge is -2.17. The molecule has 0 radical (unpaired) electrons. The van der Waals surface area contributed by atoms with Gasteiger partial charge in [-0.25, -0.2) is 9.67 Å². The van der Waals surface area contributed by atoms with E-state index in [1.54, 1.807) is 25.1 Å². The molecule has 10 nitrogen and oxygen atoms in total. The second-order valence-electron chi connectivity index (χ2n) is 7.55. The molecule has 1 aliphatic heterocycles. The molecule has 0 saturated carbocycles. The molecule has 11 heteroatoms. The Morgan fingerprint density at radius 3 is 2.73 bits per heavy atom. The zero-order valence-corrected chi connectivity index (χ0v) is 19.2. The number of hydrogen-bond donors (Lipinski definition) is 2. The lowest BCUT2D eigenvalue weighted by molar-refractivity contribution is 0.0939. The molecule has 33 heavy (non-hydrogen) atoms. The van der Waals surface area contributed by atoms with E-state index in [4.69, 9.17) is 25.8 Å². The molecule has 3 heterocycles. The molecule has 2 N–H and O–H groups in total. The van der Waals surface area contributed by atoms with Crippen molar-refractivity contribution in [1.82, 2.24) is 20.1 Å². The zero-order valence-electron chi connectivity index (χ0n) is 18.4. The number of halogens is 1. The fourth-order valence-electron chi connectivity index (χ4n) is 3.38. The van der Waals surface area contributed by atoms with Crippen molar-refractivity contribution in [1.29, 1.82) is 0 Å². The highest BCUT2D eigenvalue weighted by atomic mass is 35.5. The number of amides is 2. The van der Waals surface area contributed by atoms with Crippen molar-refractivity contribution in [2.24, 2.45) is 0 Å². The van der Waals surface area contributed by atoms with Crippen LogP contribution in [-0.2, 0) is 0 Å². The Kier molecular flexibility index (Phi) is 6.10. The Morgan fingerprint density at radius 1 is 1.24 bits per heavy atom. The number of fused-ring (bicyclic) bond motifs is 1. The van der Waals surface area contributed by atoms with Gasteiger partial charge in [-0.05, 0) is 44.5 Å². The summed E-state index contributed by atoms with van der Waals surface area (Å²) in [5, 5.41) is 10.2. The van der Waals surface area contributed by atoms with E-state index in [-0.39, 0.29) is 41.5 Å². The maximum atomic E-state index is 13.4. The summed E-state index contributed by atoms with van der Waals surface area (Å²) in [4.78, 5) is 30.6. The number of carbonyl (C=O) groups excluding carboxylic acids is 2. The number of pyridine rings is 1. The van der Waals surface area contributed by atoms with Gasteiger partial charge in [-0.3, -0.25) is 9.59 Å². The number of aromatic nitrogens is 3. The van der Waals surface area contributed by atoms with E-state index in [2.05, 4.69) is 20.7 Å². The maximum Gasteiger partial charge on any atom is 0.274 e. The molecule has 0 saturated heterocycles. The highest BCUT2D eigenvalue weighted by molar-refractivity contribution is 6.32. The van der Waals surface area contributed by atoms with Gasteiger partial charge in [0.15, 0.2) is 17.3 Å². The van der Waals surface area contributed by atoms with Gasteiger partial charge in [-0.2, -0.15) is 0 Å². The molecule has 2 aromatic heterocycles. The first-order chi connectivity index (χ1) is 15.8. The Bertz CT molecular complexity index is 1240. The topological polar surface area (TPSA) is 117 Å². The number of carbonyl (C=O) groups is 2. The van der Waals surface area contributed by atoms with E-state index in [0.717, 1.165) is 0 Å². The van der Waals surface area contributed by atoms with Gasteiger partial charge in [-0.1, -0.05) is 11.6 Å². The summed E-state index contributed by atoms with van der Waals surface area (Å²) < 4.78 is 17.5. The molecule has 3 aromatic rings. The quantitative estimate of drug-likeness (QED) is 0.566. The van der Waals surface area contributed by atoms with Gasteiger partial charge in [0.2, 0.25) is 12.7 Å². The number of ether oxygens (including phenoxy) is 3. The van der Waals surface area contributed by atoms with Crippen molar-refractivity contribution >= 4 is 29.1 Å². The van der Waals surface area contributed by atoms with Crippen molar-refractivity contribution in [2.75, 3.05) is 19.2 Å². The van der Waals surface area contributed by atoms with Crippen LogP contribution in [0.1, 0.15) is 40.3 Å². The van der Waals surface area contributed by atoms with Crippen molar-refractivity contribution in [3.8, 4) is 23.2 Å². The fraction of sp³-hybridized carbons (Fsp3) is 0.273. The van der Waals surface area contributed by atoms with Crippen LogP contribution in [0.3, 0.4) is 0 Å². The summed E-state index contributed by atoms with van der Waals surface area (Å²) >= 11 is 6.27. The van der Waals surface area contributed by atoms with E-state index in [9.17, 15) is 9.59 Å². The summed E-state index contributed by atoms with van der Waals surface area (Å²) in [6.45, 7) is 5.42. The Hall–Kier alpha value is -3.79. The molecule has 0 spiro atoms. The minimum Gasteiger partial charge on any atom is -0.480 e. The Labute approximate surface area is 194 Å². The SMILES string of the molecule is COc1cc(C(=O)Nc2c(C)cc3c(c2C(=O)NC(C)C)OCO3)n(-c2ncccc2Cl)n1. The molecule has 0 unspecified atom stereocenters. The van der Waals surface area contributed by atoms with Gasteiger partial charge in [-0.15, -0.1) is 5.10 Å². The average molecular weight is 472 g/mol. The van der Waals surface area contributed by atoms with Crippen LogP contribution in [-0.4, -0.2) is 46.5 Å². The largest absolute Gasteiger partial charge is 0.480 e. The fourth-order valence-corrected chi connectivity index (χ4v) is 3.58. The molecule has 1 aliphatic rings. The molecule has 4 rings (SSSR count). The Balaban J connectivity index is 1.78. The van der Waals surface area contributed by atoms with Gasteiger partial charge in [0.1, 0.15) is 11.3 Å². The van der Waals surface area contributed by atoms with E-state index >= 15 is 0 Å². The number of hydrogen-bond acceptors (Lipinski definition) is 7. The van der Waals surface area contributed by atoms with Crippen molar-refractivity contribution in [2.45, 2.75) is 26.8 Å². The molecule has 0 atom stereocenters. The maximum absolute atomic E-state index is 13.4. The number of nitrogens with one attached hydrogen (secondary N) is 2. The predicted molar refractivity (Wildman–Crippen MR) is 121 cm³/mol. The first-order valence-electron chi connectivity index (χ1n) is 10.1. The number of rotatable bonds is 6. The molecule has 1 aromatic carbocycles. The van der Waals surface area contributed by atoms with Crippen LogP contribution in [0.5, 0.6) is 17.4 Å². The summed E-state index contributed by atoms with van der Waals surface area (Å²) in [5.74, 6) is 0.215. The minimum atomic E-state index is -0.548. The van der Waals surface area contributed by atoms with Gasteiger partial charge in [0.25, 0.3) is 11.8 Å². The monoisotopic (exact) mass is 471 g/mol. The summed E-state index contributed by atoms with van der Waals surface area (Å²) in [7, 11) is 1.44. The second kappa shape index (κ2) is 8.99. The molecular weight excluding hydrogens is 450 g/mol. The van der Waals surface area contributed by atoms with Gasteiger partial charge >= 0.3 is 0 Å². The van der Waals surface area contributed by atoms with Crippen LogP contribution < -0.4 is 24.8 Å². The third-order valence-electron chi connectivity index (χ3n) is 4.81. The van der Waals surface area contributed by atoms with Crippen LogP contribution in [0.4, 0.5) is 5.69 Å². The second-order valence-corrected chi connectivity index (χ2v) is 7.96. The number of methoxy groups -OCH3 is 1. The van der Waals surface area contributed by atoms with Crippen LogP contribution >= 0.6 is 11.6 Å². The van der Waals surface area contributed by atoms with Gasteiger partial charge < -0.3 is 24.8 Å². The summed E-state index contributed by atoms with van der Waals surface area (Å²) in [5.41, 5.74) is 1.20. The third-order valence-corrected chi connectivity index (χ3v) is 5.11. The number of aryl methyl sites for hydroxylation is 1. The smallest absolute Gasteiger partial charge is 0.274 e. The van der Waals surface area contributed by atoms with Crippen molar-refractivity contribution in [3.05, 3.63) is 52.3 Å². The molecule has 0 fully saturated rings. The lowest BCUT2D eigenvalue weighted by Crippen LogP contribution is -2.31. The number of benzene rings is 1. The Morgan fingerprint density at radius 2 is 2.03 bits per heavy atom. The van der Waals surface area contributed by atoms with E-state index in [0.29, 0.717) is 22.0 Å². The van der Waals surface area contributed by atoms with Crippen LogP contribution in [0.2, 0.25) is 5.02 Å². The third kappa shape index (κ3) is 4.29. The number of nitrogens with zero attached hydrogens (tertiary/aromatic N) is 3.